The van der Waals surface area contributed by atoms with Gasteiger partial charge in [-0.1, -0.05) is 6.07 Å². The summed E-state index contributed by atoms with van der Waals surface area (Å²) >= 11 is 0. The Morgan fingerprint density at radius 1 is 1.15 bits per heavy atom. The molecule has 27 heavy (non-hydrogen) atoms. The van der Waals surface area contributed by atoms with Crippen LogP contribution in [-0.4, -0.2) is 37.5 Å². The first-order valence-corrected chi connectivity index (χ1v) is 9.30. The third-order valence-electron chi connectivity index (χ3n) is 5.80. The Hall–Kier alpha value is -2.12. The fraction of sp³-hybridized carbons (Fsp3) is 0.500. The number of halogens is 2. The molecule has 2 aliphatic heterocycles. The van der Waals surface area contributed by atoms with E-state index in [4.69, 9.17) is 0 Å². The van der Waals surface area contributed by atoms with E-state index in [2.05, 4.69) is 10.00 Å². The van der Waals surface area contributed by atoms with E-state index in [0.717, 1.165) is 30.2 Å². The van der Waals surface area contributed by atoms with Crippen molar-refractivity contribution in [3.05, 3.63) is 63.6 Å². The van der Waals surface area contributed by atoms with Gasteiger partial charge in [0, 0.05) is 24.7 Å². The number of nitrogens with zero attached hydrogens (tertiary/aromatic N) is 3. The summed E-state index contributed by atoms with van der Waals surface area (Å²) < 4.78 is 28.0. The second-order valence-corrected chi connectivity index (χ2v) is 7.91. The maximum atomic E-state index is 13.5. The fourth-order valence-electron chi connectivity index (χ4n) is 4.59. The smallest absolute Gasteiger partial charge is 0.266 e. The summed E-state index contributed by atoms with van der Waals surface area (Å²) in [7, 11) is 0. The van der Waals surface area contributed by atoms with Gasteiger partial charge in [-0.15, -0.1) is 0 Å². The van der Waals surface area contributed by atoms with Crippen LogP contribution in [0, 0.1) is 18.6 Å². The Morgan fingerprint density at radius 3 is 2.52 bits per heavy atom. The number of aliphatic hydroxyl groups is 1. The monoisotopic (exact) mass is 375 g/mol. The molecule has 2 aliphatic rings. The normalized spacial score (nSPS) is 27.9. The molecule has 5 nitrogen and oxygen atoms in total. The second kappa shape index (κ2) is 6.80. The quantitative estimate of drug-likeness (QED) is 0.892. The molecule has 0 amide bonds. The number of hydrogen-bond acceptors (Lipinski definition) is 4. The fourth-order valence-corrected chi connectivity index (χ4v) is 4.59. The van der Waals surface area contributed by atoms with Crippen LogP contribution in [0.25, 0.3) is 0 Å². The van der Waals surface area contributed by atoms with E-state index in [1.54, 1.807) is 12.1 Å². The first kappa shape index (κ1) is 18.3. The molecule has 7 heteroatoms. The molecule has 0 aliphatic carbocycles. The summed E-state index contributed by atoms with van der Waals surface area (Å²) in [5, 5.41) is 15.4. The van der Waals surface area contributed by atoms with Crippen molar-refractivity contribution in [1.29, 1.82) is 0 Å². The first-order chi connectivity index (χ1) is 12.8. The molecule has 2 bridgehead atoms. The van der Waals surface area contributed by atoms with Crippen LogP contribution >= 0.6 is 0 Å². The van der Waals surface area contributed by atoms with Crippen molar-refractivity contribution in [2.24, 2.45) is 0 Å². The first-order valence-electron chi connectivity index (χ1n) is 9.30. The highest BCUT2D eigenvalue weighted by atomic mass is 19.2. The molecule has 1 aromatic carbocycles. The van der Waals surface area contributed by atoms with Crippen molar-refractivity contribution in [2.45, 2.75) is 63.4 Å². The van der Waals surface area contributed by atoms with Crippen LogP contribution in [0.4, 0.5) is 8.78 Å². The molecular formula is C20H23F2N3O2. The van der Waals surface area contributed by atoms with E-state index in [-0.39, 0.29) is 24.2 Å². The maximum Gasteiger partial charge on any atom is 0.266 e. The summed E-state index contributed by atoms with van der Waals surface area (Å²) in [6, 6.07) is 7.45. The summed E-state index contributed by atoms with van der Waals surface area (Å²) in [6.07, 6.45) is 2.98. The predicted molar refractivity (Wildman–Crippen MR) is 96.1 cm³/mol. The Bertz CT molecular complexity index is 900. The lowest BCUT2D eigenvalue weighted by molar-refractivity contribution is -0.0678. The standard InChI is InChI=1S/C20H23F2N3O2/c1-13-2-7-19(26)25(23-13)12-20(27)9-15-4-5-16(10-20)24(15)11-14-3-6-17(21)18(22)8-14/h2-3,6-8,15-16,27H,4-5,9-12H2,1H3. The molecule has 0 spiro atoms. The molecule has 144 valence electrons. The van der Waals surface area contributed by atoms with E-state index in [1.807, 2.05) is 6.92 Å². The Kier molecular flexibility index (Phi) is 4.60. The maximum absolute atomic E-state index is 13.5. The molecule has 2 unspecified atom stereocenters. The van der Waals surface area contributed by atoms with Crippen LogP contribution in [0.5, 0.6) is 0 Å². The number of aromatic nitrogens is 2. The van der Waals surface area contributed by atoms with Gasteiger partial charge in [0.1, 0.15) is 0 Å². The molecule has 4 rings (SSSR count). The molecule has 1 aromatic heterocycles. The highest BCUT2D eigenvalue weighted by Gasteiger charge is 2.47. The van der Waals surface area contributed by atoms with Gasteiger partial charge in [-0.25, -0.2) is 13.5 Å². The molecule has 2 aromatic rings. The average Bonchev–Trinajstić information content (AvgIpc) is 2.85. The largest absolute Gasteiger partial charge is 0.388 e. The minimum Gasteiger partial charge on any atom is -0.388 e. The highest BCUT2D eigenvalue weighted by molar-refractivity contribution is 5.19. The van der Waals surface area contributed by atoms with Gasteiger partial charge in [0.05, 0.1) is 17.8 Å². The minimum atomic E-state index is -0.985. The van der Waals surface area contributed by atoms with E-state index in [1.165, 1.54) is 16.8 Å². The van der Waals surface area contributed by atoms with Crippen LogP contribution in [0.2, 0.25) is 0 Å². The number of benzene rings is 1. The topological polar surface area (TPSA) is 58.4 Å². The number of fused-ring (bicyclic) bond motifs is 2. The molecule has 0 saturated carbocycles. The number of hydrogen-bond donors (Lipinski definition) is 1. The lowest BCUT2D eigenvalue weighted by atomic mass is 9.85. The zero-order valence-corrected chi connectivity index (χ0v) is 15.2. The Morgan fingerprint density at radius 2 is 1.85 bits per heavy atom. The number of rotatable bonds is 4. The van der Waals surface area contributed by atoms with Crippen molar-refractivity contribution < 1.29 is 13.9 Å². The predicted octanol–water partition coefficient (Wildman–Crippen LogP) is 2.39. The van der Waals surface area contributed by atoms with Crippen LogP contribution < -0.4 is 5.56 Å². The zero-order valence-electron chi connectivity index (χ0n) is 15.2. The molecule has 3 heterocycles. The van der Waals surface area contributed by atoms with Crippen LogP contribution in [0.15, 0.2) is 35.1 Å². The van der Waals surface area contributed by atoms with Gasteiger partial charge in [0.25, 0.3) is 5.56 Å². The van der Waals surface area contributed by atoms with Crippen molar-refractivity contribution in [3.63, 3.8) is 0 Å². The van der Waals surface area contributed by atoms with Crippen LogP contribution in [0.1, 0.15) is 36.9 Å². The second-order valence-electron chi connectivity index (χ2n) is 7.91. The Balaban J connectivity index is 1.50. The number of piperidine rings is 1. The van der Waals surface area contributed by atoms with Gasteiger partial charge < -0.3 is 5.11 Å². The zero-order chi connectivity index (χ0) is 19.2. The van der Waals surface area contributed by atoms with E-state index in [9.17, 15) is 18.7 Å². The van der Waals surface area contributed by atoms with Gasteiger partial charge in [0.15, 0.2) is 11.6 Å². The van der Waals surface area contributed by atoms with E-state index in [0.29, 0.717) is 19.4 Å². The Labute approximate surface area is 156 Å². The number of aryl methyl sites for hydroxylation is 1. The van der Waals surface area contributed by atoms with Gasteiger partial charge in [-0.2, -0.15) is 5.10 Å². The van der Waals surface area contributed by atoms with Crippen molar-refractivity contribution >= 4 is 0 Å². The van der Waals surface area contributed by atoms with Crippen molar-refractivity contribution in [2.75, 3.05) is 0 Å². The minimum absolute atomic E-state index is 0.155. The van der Waals surface area contributed by atoms with Crippen molar-refractivity contribution in [3.8, 4) is 0 Å². The van der Waals surface area contributed by atoms with E-state index >= 15 is 0 Å². The van der Waals surface area contributed by atoms with Gasteiger partial charge in [0.2, 0.25) is 0 Å². The summed E-state index contributed by atoms with van der Waals surface area (Å²) in [6.45, 7) is 2.53. The van der Waals surface area contributed by atoms with E-state index < -0.39 is 17.2 Å². The van der Waals surface area contributed by atoms with Gasteiger partial charge >= 0.3 is 0 Å². The van der Waals surface area contributed by atoms with Crippen LogP contribution in [0.3, 0.4) is 0 Å². The molecule has 0 radical (unpaired) electrons. The van der Waals surface area contributed by atoms with Gasteiger partial charge in [-0.05, 0) is 56.4 Å². The third kappa shape index (κ3) is 3.66. The molecule has 2 fully saturated rings. The molecular weight excluding hydrogens is 352 g/mol. The molecule has 2 saturated heterocycles. The van der Waals surface area contributed by atoms with Crippen molar-refractivity contribution in [1.82, 2.24) is 14.7 Å². The highest BCUT2D eigenvalue weighted by Crippen LogP contribution is 2.42. The molecule has 2 atom stereocenters. The van der Waals surface area contributed by atoms with Gasteiger partial charge in [-0.3, -0.25) is 9.69 Å². The third-order valence-corrected chi connectivity index (χ3v) is 5.80. The summed E-state index contributed by atoms with van der Waals surface area (Å²) in [5.41, 5.74) is 0.261. The summed E-state index contributed by atoms with van der Waals surface area (Å²) in [5.74, 6) is -1.68. The lowest BCUT2D eigenvalue weighted by Gasteiger charge is -2.43. The summed E-state index contributed by atoms with van der Waals surface area (Å²) in [4.78, 5) is 14.3. The van der Waals surface area contributed by atoms with Crippen LogP contribution in [-0.2, 0) is 13.1 Å². The average molecular weight is 375 g/mol. The SMILES string of the molecule is Cc1ccc(=O)n(CC2(O)CC3CCC(C2)N3Cc2ccc(F)c(F)c2)n1. The lowest BCUT2D eigenvalue weighted by Crippen LogP contribution is -2.53. The molecule has 1 N–H and O–H groups in total.